The lowest BCUT2D eigenvalue weighted by molar-refractivity contribution is -0.136. The van der Waals surface area contributed by atoms with Gasteiger partial charge in [0.15, 0.2) is 0 Å². The Kier molecular flexibility index (Phi) is 6.36. The van der Waals surface area contributed by atoms with Gasteiger partial charge in [0.2, 0.25) is 0 Å². The largest absolute Gasteiger partial charge is 0.379 e. The minimum Gasteiger partial charge on any atom is -0.379 e. The molecular formula is C16H23N3O3. The normalized spacial score (nSPS) is 15.3. The van der Waals surface area contributed by atoms with Gasteiger partial charge in [-0.2, -0.15) is 0 Å². The number of para-hydroxylation sites is 1. The van der Waals surface area contributed by atoms with Gasteiger partial charge in [0.05, 0.1) is 13.2 Å². The minimum atomic E-state index is -0.622. The van der Waals surface area contributed by atoms with Gasteiger partial charge < -0.3 is 15.4 Å². The van der Waals surface area contributed by atoms with E-state index in [1.165, 1.54) is 0 Å². The van der Waals surface area contributed by atoms with Crippen LogP contribution in [0.1, 0.15) is 12.5 Å². The monoisotopic (exact) mass is 305 g/mol. The Balaban J connectivity index is 1.75. The fourth-order valence-electron chi connectivity index (χ4n) is 2.36. The number of amides is 2. The van der Waals surface area contributed by atoms with Crippen molar-refractivity contribution >= 4 is 17.5 Å². The molecule has 22 heavy (non-hydrogen) atoms. The van der Waals surface area contributed by atoms with E-state index in [4.69, 9.17) is 4.74 Å². The average molecular weight is 305 g/mol. The van der Waals surface area contributed by atoms with Gasteiger partial charge in [-0.05, 0) is 18.1 Å². The highest BCUT2D eigenvalue weighted by atomic mass is 16.5. The van der Waals surface area contributed by atoms with Crippen molar-refractivity contribution in [3.8, 4) is 0 Å². The standard InChI is InChI=1S/C16H23N3O3/c1-2-13-5-3-4-6-14(13)18-16(21)15(20)17-7-8-19-9-11-22-12-10-19/h3-6H,2,7-12H2,1H3,(H,17,20)(H,18,21). The number of nitrogens with zero attached hydrogens (tertiary/aromatic N) is 1. The zero-order chi connectivity index (χ0) is 15.8. The first-order valence-corrected chi connectivity index (χ1v) is 7.68. The Labute approximate surface area is 130 Å². The van der Waals surface area contributed by atoms with Crippen molar-refractivity contribution in [3.05, 3.63) is 29.8 Å². The van der Waals surface area contributed by atoms with E-state index in [1.54, 1.807) is 6.07 Å². The van der Waals surface area contributed by atoms with Crippen LogP contribution in [0.25, 0.3) is 0 Å². The van der Waals surface area contributed by atoms with E-state index in [0.29, 0.717) is 12.2 Å². The first-order valence-electron chi connectivity index (χ1n) is 7.68. The SMILES string of the molecule is CCc1ccccc1NC(=O)C(=O)NCCN1CCOCC1. The molecule has 6 nitrogen and oxygen atoms in total. The summed E-state index contributed by atoms with van der Waals surface area (Å²) in [6.45, 7) is 6.38. The summed E-state index contributed by atoms with van der Waals surface area (Å²) >= 11 is 0. The zero-order valence-electron chi connectivity index (χ0n) is 12.9. The lowest BCUT2D eigenvalue weighted by Crippen LogP contribution is -2.43. The van der Waals surface area contributed by atoms with E-state index >= 15 is 0 Å². The highest BCUT2D eigenvalue weighted by Gasteiger charge is 2.15. The molecule has 1 aromatic rings. The van der Waals surface area contributed by atoms with E-state index < -0.39 is 11.8 Å². The molecule has 0 bridgehead atoms. The number of benzene rings is 1. The van der Waals surface area contributed by atoms with Crippen molar-refractivity contribution in [1.82, 2.24) is 10.2 Å². The molecule has 2 N–H and O–H groups in total. The van der Waals surface area contributed by atoms with E-state index in [-0.39, 0.29) is 0 Å². The van der Waals surface area contributed by atoms with Gasteiger partial charge in [-0.25, -0.2) is 0 Å². The Morgan fingerprint density at radius 3 is 2.64 bits per heavy atom. The Morgan fingerprint density at radius 2 is 1.91 bits per heavy atom. The highest BCUT2D eigenvalue weighted by Crippen LogP contribution is 2.15. The number of rotatable bonds is 5. The summed E-state index contributed by atoms with van der Waals surface area (Å²) in [7, 11) is 0. The second-order valence-corrected chi connectivity index (χ2v) is 5.17. The molecule has 0 unspecified atom stereocenters. The number of aryl methyl sites for hydroxylation is 1. The van der Waals surface area contributed by atoms with Crippen LogP contribution in [0.5, 0.6) is 0 Å². The van der Waals surface area contributed by atoms with Crippen LogP contribution >= 0.6 is 0 Å². The van der Waals surface area contributed by atoms with E-state index in [2.05, 4.69) is 15.5 Å². The molecule has 1 fully saturated rings. The van der Waals surface area contributed by atoms with Crippen LogP contribution in [-0.4, -0.2) is 56.1 Å². The molecule has 0 aromatic heterocycles. The number of carbonyl (C=O) groups is 2. The third-order valence-electron chi connectivity index (χ3n) is 3.67. The van der Waals surface area contributed by atoms with Crippen LogP contribution in [0, 0.1) is 0 Å². The lowest BCUT2D eigenvalue weighted by atomic mass is 10.1. The Bertz CT molecular complexity index is 513. The van der Waals surface area contributed by atoms with Gasteiger partial charge in [0.1, 0.15) is 0 Å². The molecule has 1 aliphatic rings. The van der Waals surface area contributed by atoms with Crippen LogP contribution < -0.4 is 10.6 Å². The molecular weight excluding hydrogens is 282 g/mol. The molecule has 0 saturated carbocycles. The molecule has 2 rings (SSSR count). The van der Waals surface area contributed by atoms with Crippen LogP contribution in [0.2, 0.25) is 0 Å². The number of carbonyl (C=O) groups excluding carboxylic acids is 2. The number of hydrogen-bond acceptors (Lipinski definition) is 4. The molecule has 1 saturated heterocycles. The summed E-state index contributed by atoms with van der Waals surface area (Å²) in [6.07, 6.45) is 0.801. The molecule has 120 valence electrons. The molecule has 0 atom stereocenters. The third kappa shape index (κ3) is 4.82. The van der Waals surface area contributed by atoms with Gasteiger partial charge in [-0.3, -0.25) is 14.5 Å². The van der Waals surface area contributed by atoms with Crippen LogP contribution in [0.3, 0.4) is 0 Å². The minimum absolute atomic E-state index is 0.460. The third-order valence-corrected chi connectivity index (χ3v) is 3.67. The summed E-state index contributed by atoms with van der Waals surface area (Å²) in [4.78, 5) is 25.9. The highest BCUT2D eigenvalue weighted by molar-refractivity contribution is 6.39. The molecule has 0 spiro atoms. The smallest absolute Gasteiger partial charge is 0.313 e. The molecule has 1 aliphatic heterocycles. The topological polar surface area (TPSA) is 70.7 Å². The summed E-state index contributed by atoms with van der Waals surface area (Å²) in [5, 5.41) is 5.32. The number of anilines is 1. The predicted octanol–water partition coefficient (Wildman–Crippen LogP) is 0.636. The van der Waals surface area contributed by atoms with Crippen LogP contribution in [0.4, 0.5) is 5.69 Å². The van der Waals surface area contributed by atoms with Gasteiger partial charge >= 0.3 is 11.8 Å². The van der Waals surface area contributed by atoms with E-state index in [9.17, 15) is 9.59 Å². The first kappa shape index (κ1) is 16.5. The second kappa shape index (κ2) is 8.51. The molecule has 2 amide bonds. The quantitative estimate of drug-likeness (QED) is 0.783. The number of morpholine rings is 1. The summed E-state index contributed by atoms with van der Waals surface area (Å²) in [5.74, 6) is -1.22. The molecule has 1 heterocycles. The summed E-state index contributed by atoms with van der Waals surface area (Å²) in [6, 6.07) is 7.49. The average Bonchev–Trinajstić information content (AvgIpc) is 2.56. The number of ether oxygens (including phenoxy) is 1. The maximum absolute atomic E-state index is 11.9. The number of nitrogens with one attached hydrogen (secondary N) is 2. The van der Waals surface area contributed by atoms with Gasteiger partial charge in [-0.1, -0.05) is 25.1 Å². The lowest BCUT2D eigenvalue weighted by Gasteiger charge is -2.26. The van der Waals surface area contributed by atoms with Crippen molar-refractivity contribution in [2.24, 2.45) is 0 Å². The van der Waals surface area contributed by atoms with Gasteiger partial charge in [0.25, 0.3) is 0 Å². The van der Waals surface area contributed by atoms with Crippen molar-refractivity contribution in [2.75, 3.05) is 44.7 Å². The Hall–Kier alpha value is -1.92. The van der Waals surface area contributed by atoms with Crippen LogP contribution in [0.15, 0.2) is 24.3 Å². The van der Waals surface area contributed by atoms with Crippen LogP contribution in [-0.2, 0) is 20.7 Å². The predicted molar refractivity (Wildman–Crippen MR) is 84.7 cm³/mol. The van der Waals surface area contributed by atoms with Crippen molar-refractivity contribution in [3.63, 3.8) is 0 Å². The molecule has 6 heteroatoms. The first-order chi connectivity index (χ1) is 10.7. The molecule has 1 aromatic carbocycles. The van der Waals surface area contributed by atoms with Crippen molar-refractivity contribution < 1.29 is 14.3 Å². The molecule has 0 aliphatic carbocycles. The van der Waals surface area contributed by atoms with Gasteiger partial charge in [0, 0.05) is 31.9 Å². The maximum Gasteiger partial charge on any atom is 0.313 e. The maximum atomic E-state index is 11.9. The second-order valence-electron chi connectivity index (χ2n) is 5.17. The van der Waals surface area contributed by atoms with Crippen molar-refractivity contribution in [2.45, 2.75) is 13.3 Å². The van der Waals surface area contributed by atoms with Gasteiger partial charge in [-0.15, -0.1) is 0 Å². The summed E-state index contributed by atoms with van der Waals surface area (Å²) < 4.78 is 5.26. The molecule has 0 radical (unpaired) electrons. The van der Waals surface area contributed by atoms with E-state index in [1.807, 2.05) is 25.1 Å². The Morgan fingerprint density at radius 1 is 1.18 bits per heavy atom. The zero-order valence-corrected chi connectivity index (χ0v) is 12.9. The summed E-state index contributed by atoms with van der Waals surface area (Å²) in [5.41, 5.74) is 1.70. The fraction of sp³-hybridized carbons (Fsp3) is 0.500. The van der Waals surface area contributed by atoms with E-state index in [0.717, 1.165) is 44.8 Å². The number of hydrogen-bond donors (Lipinski definition) is 2. The van der Waals surface area contributed by atoms with Crippen molar-refractivity contribution in [1.29, 1.82) is 0 Å². The fourth-order valence-corrected chi connectivity index (χ4v) is 2.36.